The minimum absolute atomic E-state index is 0.109. The zero-order valence-electron chi connectivity index (χ0n) is 18.7. The summed E-state index contributed by atoms with van der Waals surface area (Å²) in [4.78, 5) is 14.4. The number of methoxy groups -OCH3 is 1. The van der Waals surface area contributed by atoms with Gasteiger partial charge >= 0.3 is 0 Å². The number of amides is 1. The molecular weight excluding hydrogens is 470 g/mol. The number of thiophene rings is 1. The lowest BCUT2D eigenvalue weighted by Gasteiger charge is -2.19. The van der Waals surface area contributed by atoms with Crippen molar-refractivity contribution in [3.05, 3.63) is 70.8 Å². The van der Waals surface area contributed by atoms with Gasteiger partial charge in [0.1, 0.15) is 17.6 Å². The van der Waals surface area contributed by atoms with E-state index in [4.69, 9.17) is 9.15 Å². The predicted molar refractivity (Wildman–Crippen MR) is 132 cm³/mol. The Morgan fingerprint density at radius 1 is 1.21 bits per heavy atom. The molecule has 1 amide bonds. The van der Waals surface area contributed by atoms with Gasteiger partial charge in [0.2, 0.25) is 0 Å². The molecule has 3 aromatic heterocycles. The van der Waals surface area contributed by atoms with E-state index in [1.54, 1.807) is 29.7 Å². The van der Waals surface area contributed by atoms with Gasteiger partial charge in [-0.2, -0.15) is 5.10 Å². The average Bonchev–Trinajstić information content (AvgIpc) is 3.68. The van der Waals surface area contributed by atoms with E-state index in [0.717, 1.165) is 27.7 Å². The Balaban J connectivity index is 1.36. The molecule has 1 atom stereocenters. The van der Waals surface area contributed by atoms with E-state index in [-0.39, 0.29) is 17.7 Å². The number of aromatic nitrogens is 3. The van der Waals surface area contributed by atoms with Crippen LogP contribution in [-0.2, 0) is 11.3 Å². The van der Waals surface area contributed by atoms with Gasteiger partial charge in [-0.3, -0.25) is 4.79 Å². The second kappa shape index (κ2) is 9.86. The number of hydrogen-bond donors (Lipinski definition) is 0. The molecule has 0 N–H and O–H groups in total. The van der Waals surface area contributed by atoms with Crippen molar-refractivity contribution in [3.8, 4) is 17.1 Å². The van der Waals surface area contributed by atoms with Gasteiger partial charge in [-0.1, -0.05) is 30.0 Å². The van der Waals surface area contributed by atoms with Gasteiger partial charge in [0.05, 0.1) is 35.3 Å². The number of hydrogen-bond acceptors (Lipinski definition) is 8. The van der Waals surface area contributed by atoms with Gasteiger partial charge in [0.25, 0.3) is 5.91 Å². The van der Waals surface area contributed by atoms with Crippen LogP contribution in [-0.4, -0.2) is 44.3 Å². The molecule has 34 heavy (non-hydrogen) atoms. The molecule has 1 aromatic carbocycles. The van der Waals surface area contributed by atoms with E-state index in [1.807, 2.05) is 65.4 Å². The van der Waals surface area contributed by atoms with Crippen molar-refractivity contribution in [3.63, 3.8) is 0 Å². The Morgan fingerprint density at radius 3 is 2.82 bits per heavy atom. The number of benzene rings is 1. The fourth-order valence-corrected chi connectivity index (χ4v) is 5.51. The largest absolute Gasteiger partial charge is 0.496 e. The van der Waals surface area contributed by atoms with E-state index >= 15 is 0 Å². The molecule has 0 saturated heterocycles. The molecule has 0 spiro atoms. The van der Waals surface area contributed by atoms with Crippen LogP contribution in [0.1, 0.15) is 30.0 Å². The second-order valence-corrected chi connectivity index (χ2v) is 9.43. The van der Waals surface area contributed by atoms with E-state index in [9.17, 15) is 4.79 Å². The molecule has 0 bridgehead atoms. The number of carbonyl (C=O) groups excluding carboxylic acids is 1. The van der Waals surface area contributed by atoms with Crippen LogP contribution >= 0.6 is 23.1 Å². The highest BCUT2D eigenvalue weighted by Crippen LogP contribution is 2.35. The van der Waals surface area contributed by atoms with Crippen molar-refractivity contribution in [1.29, 1.82) is 0 Å². The van der Waals surface area contributed by atoms with Crippen molar-refractivity contribution in [2.24, 2.45) is 5.10 Å². The Kier molecular flexibility index (Phi) is 6.50. The summed E-state index contributed by atoms with van der Waals surface area (Å²) in [6.07, 6.45) is 2.24. The molecule has 0 saturated carbocycles. The molecule has 5 rings (SSSR count). The Bertz CT molecular complexity index is 1300. The molecule has 1 unspecified atom stereocenters. The fourth-order valence-electron chi connectivity index (χ4n) is 3.94. The highest BCUT2D eigenvalue weighted by molar-refractivity contribution is 7.99. The van der Waals surface area contributed by atoms with Gasteiger partial charge < -0.3 is 13.7 Å². The summed E-state index contributed by atoms with van der Waals surface area (Å²) in [6.45, 7) is 2.69. The number of carbonyl (C=O) groups is 1. The highest BCUT2D eigenvalue weighted by Gasteiger charge is 2.35. The molecule has 0 radical (unpaired) electrons. The topological polar surface area (TPSA) is 85.8 Å². The van der Waals surface area contributed by atoms with Gasteiger partial charge in [0.15, 0.2) is 11.0 Å². The average molecular weight is 494 g/mol. The van der Waals surface area contributed by atoms with Crippen molar-refractivity contribution in [2.45, 2.75) is 31.1 Å². The number of hydrazone groups is 1. The van der Waals surface area contributed by atoms with E-state index < -0.39 is 0 Å². The number of ether oxygens (including phenoxy) is 1. The standard InChI is InChI=1S/C24H23N5O3S2/c1-3-28-23(16-8-4-5-9-19(16)31-2)25-26-24(28)34-15-22(30)29-18(20-10-6-12-32-20)14-17(27-29)21-11-7-13-33-21/h4-13,18H,3,14-15H2,1-2H3. The summed E-state index contributed by atoms with van der Waals surface area (Å²) in [7, 11) is 1.64. The lowest BCUT2D eigenvalue weighted by Crippen LogP contribution is -2.28. The highest BCUT2D eigenvalue weighted by atomic mass is 32.2. The Hall–Kier alpha value is -3.37. The lowest BCUT2D eigenvalue weighted by atomic mass is 10.1. The van der Waals surface area contributed by atoms with Crippen LogP contribution in [0.2, 0.25) is 0 Å². The zero-order valence-corrected chi connectivity index (χ0v) is 20.4. The number of para-hydroxylation sites is 1. The number of rotatable bonds is 8. The number of furan rings is 1. The van der Waals surface area contributed by atoms with Gasteiger partial charge in [0, 0.05) is 13.0 Å². The molecule has 174 valence electrons. The first-order chi connectivity index (χ1) is 16.7. The van der Waals surface area contributed by atoms with E-state index in [0.29, 0.717) is 23.9 Å². The third kappa shape index (κ3) is 4.26. The molecular formula is C24H23N5O3S2. The zero-order chi connectivity index (χ0) is 23.5. The maximum Gasteiger partial charge on any atom is 0.253 e. The van der Waals surface area contributed by atoms with Crippen molar-refractivity contribution in [2.75, 3.05) is 12.9 Å². The van der Waals surface area contributed by atoms with E-state index in [1.165, 1.54) is 11.8 Å². The van der Waals surface area contributed by atoms with Crippen LogP contribution in [0.3, 0.4) is 0 Å². The normalized spacial score (nSPS) is 15.5. The van der Waals surface area contributed by atoms with Gasteiger partial charge in [-0.15, -0.1) is 21.5 Å². The molecule has 10 heteroatoms. The number of nitrogens with zero attached hydrogens (tertiary/aromatic N) is 5. The maximum absolute atomic E-state index is 13.3. The van der Waals surface area contributed by atoms with E-state index in [2.05, 4.69) is 15.3 Å². The minimum atomic E-state index is -0.256. The minimum Gasteiger partial charge on any atom is -0.496 e. The quantitative estimate of drug-likeness (QED) is 0.318. The van der Waals surface area contributed by atoms with Crippen LogP contribution in [0.5, 0.6) is 5.75 Å². The van der Waals surface area contributed by atoms with Crippen LogP contribution in [0.15, 0.2) is 74.8 Å². The van der Waals surface area contributed by atoms with Gasteiger partial charge in [-0.25, -0.2) is 5.01 Å². The Morgan fingerprint density at radius 2 is 2.09 bits per heavy atom. The Labute approximate surface area is 205 Å². The lowest BCUT2D eigenvalue weighted by molar-refractivity contribution is -0.130. The summed E-state index contributed by atoms with van der Waals surface area (Å²) in [5.74, 6) is 2.24. The van der Waals surface area contributed by atoms with Crippen LogP contribution in [0.25, 0.3) is 11.4 Å². The van der Waals surface area contributed by atoms with Gasteiger partial charge in [-0.05, 0) is 42.6 Å². The van der Waals surface area contributed by atoms with Crippen molar-refractivity contribution < 1.29 is 13.9 Å². The third-order valence-corrected chi connectivity index (χ3v) is 7.42. The summed E-state index contributed by atoms with van der Waals surface area (Å²) in [5, 5.41) is 17.7. The predicted octanol–water partition coefficient (Wildman–Crippen LogP) is 5.10. The summed E-state index contributed by atoms with van der Waals surface area (Å²) in [5.41, 5.74) is 1.75. The molecule has 1 aliphatic heterocycles. The molecule has 4 aromatic rings. The first-order valence-electron chi connectivity index (χ1n) is 10.9. The van der Waals surface area contributed by atoms with Crippen molar-refractivity contribution in [1.82, 2.24) is 19.8 Å². The monoisotopic (exact) mass is 493 g/mol. The maximum atomic E-state index is 13.3. The summed E-state index contributed by atoms with van der Waals surface area (Å²) >= 11 is 2.97. The first kappa shape index (κ1) is 22.4. The molecule has 8 nitrogen and oxygen atoms in total. The third-order valence-electron chi connectivity index (χ3n) is 5.55. The smallest absolute Gasteiger partial charge is 0.253 e. The van der Waals surface area contributed by atoms with Crippen LogP contribution < -0.4 is 4.74 Å². The molecule has 4 heterocycles. The SMILES string of the molecule is CCn1c(SCC(=O)N2N=C(c3cccs3)CC2c2ccco2)nnc1-c1ccccc1OC. The summed E-state index contributed by atoms with van der Waals surface area (Å²) < 4.78 is 13.1. The van der Waals surface area contributed by atoms with Crippen LogP contribution in [0, 0.1) is 0 Å². The molecule has 1 aliphatic rings. The molecule has 0 aliphatic carbocycles. The second-order valence-electron chi connectivity index (χ2n) is 7.54. The number of thioether (sulfide) groups is 1. The van der Waals surface area contributed by atoms with Crippen molar-refractivity contribution >= 4 is 34.7 Å². The molecule has 0 fully saturated rings. The summed E-state index contributed by atoms with van der Waals surface area (Å²) in [6, 6.07) is 15.2. The van der Waals surface area contributed by atoms with Crippen LogP contribution in [0.4, 0.5) is 0 Å². The first-order valence-corrected chi connectivity index (χ1v) is 12.7. The fraction of sp³-hybridized carbons (Fsp3) is 0.250.